The van der Waals surface area contributed by atoms with E-state index in [1.54, 1.807) is 0 Å². The highest BCUT2D eigenvalue weighted by molar-refractivity contribution is 7.10. The molecule has 1 atom stereocenters. The van der Waals surface area contributed by atoms with Crippen molar-refractivity contribution in [3.05, 3.63) is 69.7 Å². The van der Waals surface area contributed by atoms with E-state index in [4.69, 9.17) is 0 Å². The fraction of sp³-hybridized carbons (Fsp3) is 0.263. The molecule has 0 bridgehead atoms. The van der Waals surface area contributed by atoms with Crippen LogP contribution in [0.4, 0.5) is 23.7 Å². The van der Waals surface area contributed by atoms with Gasteiger partial charge in [-0.1, -0.05) is 18.2 Å². The van der Waals surface area contributed by atoms with Crippen LogP contribution in [0.25, 0.3) is 0 Å². The zero-order chi connectivity index (χ0) is 20.3. The van der Waals surface area contributed by atoms with Crippen LogP contribution >= 0.6 is 11.3 Å². The normalized spacial score (nSPS) is 12.6. The first-order valence-electron chi connectivity index (χ1n) is 8.53. The lowest BCUT2D eigenvalue weighted by Gasteiger charge is -2.20. The van der Waals surface area contributed by atoms with E-state index in [0.29, 0.717) is 0 Å². The summed E-state index contributed by atoms with van der Waals surface area (Å²) in [6, 6.07) is 9.68. The molecule has 148 valence electrons. The van der Waals surface area contributed by atoms with Gasteiger partial charge in [0.05, 0.1) is 16.9 Å². The fourth-order valence-corrected chi connectivity index (χ4v) is 3.76. The minimum Gasteiger partial charge on any atom is -0.335 e. The molecule has 0 aliphatic rings. The number of halogens is 3. The van der Waals surface area contributed by atoms with Crippen LogP contribution in [-0.4, -0.2) is 22.4 Å². The molecule has 2 amide bonds. The average Bonchev–Trinajstić information content (AvgIpc) is 3.25. The molecule has 0 saturated carbocycles. The summed E-state index contributed by atoms with van der Waals surface area (Å²) in [5.41, 5.74) is 0.605. The zero-order valence-electron chi connectivity index (χ0n) is 15.2. The van der Waals surface area contributed by atoms with Crippen molar-refractivity contribution < 1.29 is 18.0 Å². The van der Waals surface area contributed by atoms with E-state index in [-0.39, 0.29) is 18.3 Å². The van der Waals surface area contributed by atoms with E-state index in [1.807, 2.05) is 42.1 Å². The summed E-state index contributed by atoms with van der Waals surface area (Å²) >= 11 is 1.52. The number of urea groups is 1. The van der Waals surface area contributed by atoms with Crippen LogP contribution in [0.1, 0.15) is 27.9 Å². The van der Waals surface area contributed by atoms with Crippen molar-refractivity contribution in [2.75, 3.05) is 11.9 Å². The van der Waals surface area contributed by atoms with Crippen LogP contribution < -0.4 is 10.6 Å². The number of carbonyl (C=O) groups is 1. The van der Waals surface area contributed by atoms with Gasteiger partial charge in [-0.15, -0.1) is 11.3 Å². The average molecular weight is 408 g/mol. The van der Waals surface area contributed by atoms with Crippen molar-refractivity contribution in [2.45, 2.75) is 26.1 Å². The van der Waals surface area contributed by atoms with Gasteiger partial charge in [0.2, 0.25) is 0 Å². The first-order valence-corrected chi connectivity index (χ1v) is 9.41. The summed E-state index contributed by atoms with van der Waals surface area (Å²) in [7, 11) is 0. The fourth-order valence-electron chi connectivity index (χ4n) is 2.95. The Bertz CT molecular complexity index is 950. The molecule has 2 N–H and O–H groups in total. The van der Waals surface area contributed by atoms with E-state index in [0.717, 1.165) is 22.3 Å². The molecule has 0 spiro atoms. The number of aromatic nitrogens is 2. The van der Waals surface area contributed by atoms with E-state index in [9.17, 15) is 18.0 Å². The van der Waals surface area contributed by atoms with E-state index in [2.05, 4.69) is 15.7 Å². The smallest absolute Gasteiger partial charge is 0.335 e. The highest BCUT2D eigenvalue weighted by Gasteiger charge is 2.33. The zero-order valence-corrected chi connectivity index (χ0v) is 16.1. The summed E-state index contributed by atoms with van der Waals surface area (Å²) in [4.78, 5) is 13.3. The number of carbonyl (C=O) groups excluding carboxylic acids is 1. The van der Waals surface area contributed by atoms with Gasteiger partial charge in [-0.05, 0) is 43.5 Å². The van der Waals surface area contributed by atoms with Gasteiger partial charge >= 0.3 is 12.2 Å². The van der Waals surface area contributed by atoms with Crippen molar-refractivity contribution in [1.82, 2.24) is 15.1 Å². The van der Waals surface area contributed by atoms with Crippen molar-refractivity contribution in [3.63, 3.8) is 0 Å². The summed E-state index contributed by atoms with van der Waals surface area (Å²) in [6.07, 6.45) is -4.55. The number of rotatable bonds is 5. The largest absolute Gasteiger partial charge is 0.418 e. The second kappa shape index (κ2) is 8.05. The molecule has 2 aromatic heterocycles. The second-order valence-electron chi connectivity index (χ2n) is 6.28. The number of para-hydroxylation sites is 1. The molecule has 3 aromatic rings. The van der Waals surface area contributed by atoms with Crippen molar-refractivity contribution in [2.24, 2.45) is 0 Å². The Hall–Kier alpha value is -2.81. The van der Waals surface area contributed by atoms with Crippen LogP contribution in [0.3, 0.4) is 0 Å². The molecule has 1 aromatic carbocycles. The SMILES string of the molecule is Cc1cc(C)n(C(CNC(=O)Nc2ccccc2C(F)(F)F)c2cccs2)n1. The molecule has 9 heteroatoms. The van der Waals surface area contributed by atoms with Crippen molar-refractivity contribution in [3.8, 4) is 0 Å². The molecule has 0 fully saturated rings. The summed E-state index contributed by atoms with van der Waals surface area (Å²) in [5, 5.41) is 11.4. The van der Waals surface area contributed by atoms with Gasteiger partial charge in [-0.25, -0.2) is 4.79 Å². The Labute approximate surface area is 164 Å². The van der Waals surface area contributed by atoms with Gasteiger partial charge < -0.3 is 10.6 Å². The minimum absolute atomic E-state index is 0.183. The third-order valence-electron chi connectivity index (χ3n) is 4.15. The first kappa shape index (κ1) is 19.9. The number of hydrogen-bond donors (Lipinski definition) is 2. The number of amides is 2. The Morgan fingerprint density at radius 2 is 1.96 bits per heavy atom. The lowest BCUT2D eigenvalue weighted by atomic mass is 10.1. The third-order valence-corrected chi connectivity index (χ3v) is 5.12. The maximum atomic E-state index is 13.1. The van der Waals surface area contributed by atoms with Crippen LogP contribution in [0.2, 0.25) is 0 Å². The number of anilines is 1. The molecule has 0 saturated heterocycles. The Morgan fingerprint density at radius 1 is 1.21 bits per heavy atom. The van der Waals surface area contributed by atoms with Crippen LogP contribution in [0.5, 0.6) is 0 Å². The van der Waals surface area contributed by atoms with Gasteiger partial charge in [-0.3, -0.25) is 4.68 Å². The number of nitrogens with one attached hydrogen (secondary N) is 2. The van der Waals surface area contributed by atoms with Crippen LogP contribution in [0.15, 0.2) is 47.8 Å². The lowest BCUT2D eigenvalue weighted by Crippen LogP contribution is -2.35. The maximum Gasteiger partial charge on any atom is 0.418 e. The molecule has 0 aliphatic carbocycles. The number of thiophene rings is 1. The summed E-state index contributed by atoms with van der Waals surface area (Å²) in [5.74, 6) is 0. The number of nitrogens with zero attached hydrogens (tertiary/aromatic N) is 2. The number of hydrogen-bond acceptors (Lipinski definition) is 3. The van der Waals surface area contributed by atoms with Gasteiger partial charge in [0.1, 0.15) is 6.04 Å². The first-order chi connectivity index (χ1) is 13.3. The quantitative estimate of drug-likeness (QED) is 0.625. The molecule has 3 rings (SSSR count). The molecule has 0 radical (unpaired) electrons. The number of alkyl halides is 3. The van der Waals surface area contributed by atoms with Crippen molar-refractivity contribution in [1.29, 1.82) is 0 Å². The van der Waals surface area contributed by atoms with E-state index >= 15 is 0 Å². The topological polar surface area (TPSA) is 59.0 Å². The van der Waals surface area contributed by atoms with E-state index < -0.39 is 17.8 Å². The van der Waals surface area contributed by atoms with Crippen molar-refractivity contribution >= 4 is 23.1 Å². The predicted molar refractivity (Wildman–Crippen MR) is 103 cm³/mol. The highest BCUT2D eigenvalue weighted by atomic mass is 32.1. The molecular formula is C19H19F3N4OS. The maximum absolute atomic E-state index is 13.1. The number of benzene rings is 1. The standard InChI is InChI=1S/C19H19F3N4OS/c1-12-10-13(2)26(25-12)16(17-8-5-9-28-17)11-23-18(27)24-15-7-4-3-6-14(15)19(20,21)22/h3-10,16H,11H2,1-2H3,(H2,23,24,27). The lowest BCUT2D eigenvalue weighted by molar-refractivity contribution is -0.136. The minimum atomic E-state index is -4.55. The Kier molecular flexibility index (Phi) is 5.73. The molecule has 2 heterocycles. The van der Waals surface area contributed by atoms with Crippen LogP contribution in [0, 0.1) is 13.8 Å². The molecule has 0 aliphatic heterocycles. The van der Waals surface area contributed by atoms with Crippen LogP contribution in [-0.2, 0) is 6.18 Å². The highest BCUT2D eigenvalue weighted by Crippen LogP contribution is 2.34. The van der Waals surface area contributed by atoms with Gasteiger partial charge in [0.15, 0.2) is 0 Å². The Morgan fingerprint density at radius 3 is 2.57 bits per heavy atom. The molecular weight excluding hydrogens is 389 g/mol. The molecule has 5 nitrogen and oxygen atoms in total. The Balaban J connectivity index is 1.74. The summed E-state index contributed by atoms with van der Waals surface area (Å²) < 4.78 is 41.1. The molecule has 1 unspecified atom stereocenters. The third kappa shape index (κ3) is 4.53. The van der Waals surface area contributed by atoms with Gasteiger partial charge in [0, 0.05) is 17.1 Å². The van der Waals surface area contributed by atoms with Gasteiger partial charge in [-0.2, -0.15) is 18.3 Å². The monoisotopic (exact) mass is 408 g/mol. The molecule has 28 heavy (non-hydrogen) atoms. The second-order valence-corrected chi connectivity index (χ2v) is 7.26. The summed E-state index contributed by atoms with van der Waals surface area (Å²) in [6.45, 7) is 3.98. The van der Waals surface area contributed by atoms with Gasteiger partial charge in [0.25, 0.3) is 0 Å². The van der Waals surface area contributed by atoms with E-state index in [1.165, 1.54) is 29.5 Å². The number of aryl methyl sites for hydroxylation is 2. The predicted octanol–water partition coefficient (Wildman–Crippen LogP) is 4.99.